The second-order valence-corrected chi connectivity index (χ2v) is 6.34. The van der Waals surface area contributed by atoms with Crippen LogP contribution in [-0.2, 0) is 0 Å². The van der Waals surface area contributed by atoms with Crippen molar-refractivity contribution >= 4 is 5.91 Å². The molecule has 0 saturated carbocycles. The summed E-state index contributed by atoms with van der Waals surface area (Å²) in [5.74, 6) is 0.147. The fourth-order valence-corrected chi connectivity index (χ4v) is 2.71. The third-order valence-corrected chi connectivity index (χ3v) is 4.25. The van der Waals surface area contributed by atoms with Crippen LogP contribution in [0.2, 0.25) is 0 Å². The maximum atomic E-state index is 12.1. The average Bonchev–Trinajstić information content (AvgIpc) is 3.14. The Balaban J connectivity index is 1.71. The first-order valence-electron chi connectivity index (χ1n) is 9.26. The van der Waals surface area contributed by atoms with Gasteiger partial charge in [-0.3, -0.25) is 4.79 Å². The monoisotopic (exact) mass is 343 g/mol. The fourth-order valence-electron chi connectivity index (χ4n) is 2.71. The molecule has 0 saturated heterocycles. The van der Waals surface area contributed by atoms with Crippen molar-refractivity contribution in [2.75, 3.05) is 6.54 Å². The molecule has 0 bridgehead atoms. The third kappa shape index (κ3) is 6.35. The summed E-state index contributed by atoms with van der Waals surface area (Å²) in [6.45, 7) is 2.89. The van der Waals surface area contributed by atoms with E-state index in [9.17, 15) is 4.79 Å². The zero-order chi connectivity index (χ0) is 17.9. The Labute approximate surface area is 150 Å². The number of hydrogen-bond acceptors (Lipinski definition) is 4. The molecule has 0 aliphatic heterocycles. The molecule has 1 unspecified atom stereocenters. The van der Waals surface area contributed by atoms with Gasteiger partial charge in [-0.2, -0.15) is 0 Å². The van der Waals surface area contributed by atoms with Gasteiger partial charge in [-0.25, -0.2) is 4.98 Å². The molecule has 2 rings (SSSR count). The summed E-state index contributed by atoms with van der Waals surface area (Å²) in [7, 11) is 0. The van der Waals surface area contributed by atoms with Crippen LogP contribution in [0.1, 0.15) is 79.9 Å². The van der Waals surface area contributed by atoms with Crippen molar-refractivity contribution in [2.45, 2.75) is 57.9 Å². The summed E-state index contributed by atoms with van der Waals surface area (Å²) in [5, 5.41) is 2.89. The van der Waals surface area contributed by atoms with E-state index in [0.717, 1.165) is 18.4 Å². The minimum Gasteiger partial charge on any atom is -0.446 e. The number of nitrogens with two attached hydrogens (primary N) is 1. The molecule has 1 aromatic carbocycles. The second-order valence-electron chi connectivity index (χ2n) is 6.34. The minimum absolute atomic E-state index is 0.207. The van der Waals surface area contributed by atoms with Crippen molar-refractivity contribution in [2.24, 2.45) is 5.73 Å². The van der Waals surface area contributed by atoms with Crippen molar-refractivity contribution in [1.82, 2.24) is 10.3 Å². The molecule has 5 heteroatoms. The van der Waals surface area contributed by atoms with E-state index in [0.29, 0.717) is 12.4 Å². The Kier molecular flexibility index (Phi) is 8.19. The second kappa shape index (κ2) is 10.7. The summed E-state index contributed by atoms with van der Waals surface area (Å²) in [6, 6.07) is 9.10. The number of benzene rings is 1. The van der Waals surface area contributed by atoms with Crippen molar-refractivity contribution in [1.29, 1.82) is 0 Å². The third-order valence-electron chi connectivity index (χ3n) is 4.25. The van der Waals surface area contributed by atoms with Crippen molar-refractivity contribution in [3.8, 4) is 0 Å². The maximum Gasteiger partial charge on any atom is 0.273 e. The van der Waals surface area contributed by atoms with Crippen LogP contribution < -0.4 is 11.1 Å². The number of carbonyl (C=O) groups excluding carboxylic acids is 1. The van der Waals surface area contributed by atoms with Crippen LogP contribution in [0.5, 0.6) is 0 Å². The van der Waals surface area contributed by atoms with E-state index >= 15 is 0 Å². The van der Waals surface area contributed by atoms with Gasteiger partial charge in [0.25, 0.3) is 5.91 Å². The van der Waals surface area contributed by atoms with Crippen molar-refractivity contribution in [3.63, 3.8) is 0 Å². The number of nitrogens with one attached hydrogen (secondary N) is 1. The maximum absolute atomic E-state index is 12.1. The Morgan fingerprint density at radius 3 is 2.52 bits per heavy atom. The largest absolute Gasteiger partial charge is 0.446 e. The molecular formula is C20H29N3O2. The quantitative estimate of drug-likeness (QED) is 0.599. The van der Waals surface area contributed by atoms with Crippen LogP contribution in [0.4, 0.5) is 0 Å². The molecule has 0 aliphatic rings. The summed E-state index contributed by atoms with van der Waals surface area (Å²) in [5.41, 5.74) is 7.32. The van der Waals surface area contributed by atoms with E-state index < -0.39 is 6.04 Å². The number of carbonyl (C=O) groups is 1. The first kappa shape index (κ1) is 19.2. The van der Waals surface area contributed by atoms with Crippen LogP contribution in [0.15, 0.2) is 41.0 Å². The molecule has 0 radical (unpaired) electrons. The average molecular weight is 343 g/mol. The highest BCUT2D eigenvalue weighted by Crippen LogP contribution is 2.18. The lowest BCUT2D eigenvalue weighted by atomic mass is 10.1. The highest BCUT2D eigenvalue weighted by atomic mass is 16.3. The summed E-state index contributed by atoms with van der Waals surface area (Å²) in [4.78, 5) is 16.3. The first-order chi connectivity index (χ1) is 12.2. The zero-order valence-corrected chi connectivity index (χ0v) is 15.0. The Morgan fingerprint density at radius 1 is 1.12 bits per heavy atom. The molecule has 3 N–H and O–H groups in total. The van der Waals surface area contributed by atoms with Crippen LogP contribution in [0.3, 0.4) is 0 Å². The van der Waals surface area contributed by atoms with E-state index in [2.05, 4.69) is 17.2 Å². The number of unbranched alkanes of at least 4 members (excludes halogenated alkanes) is 6. The molecule has 1 atom stereocenters. The Hall–Kier alpha value is -2.14. The highest BCUT2D eigenvalue weighted by molar-refractivity contribution is 5.91. The highest BCUT2D eigenvalue weighted by Gasteiger charge is 2.18. The van der Waals surface area contributed by atoms with Gasteiger partial charge in [-0.15, -0.1) is 0 Å². The van der Waals surface area contributed by atoms with E-state index in [1.807, 2.05) is 30.3 Å². The SMILES string of the molecule is CCCCCCCCCNC(=O)c1coc(C(N)c2ccccc2)n1. The zero-order valence-electron chi connectivity index (χ0n) is 15.0. The van der Waals surface area contributed by atoms with Crippen LogP contribution >= 0.6 is 0 Å². The van der Waals surface area contributed by atoms with Gasteiger partial charge in [0, 0.05) is 6.54 Å². The first-order valence-corrected chi connectivity index (χ1v) is 9.26. The van der Waals surface area contributed by atoms with E-state index in [1.165, 1.54) is 38.4 Å². The van der Waals surface area contributed by atoms with Crippen LogP contribution in [0.25, 0.3) is 0 Å². The molecule has 1 amide bonds. The molecule has 1 heterocycles. The summed E-state index contributed by atoms with van der Waals surface area (Å²) < 4.78 is 5.39. The molecule has 25 heavy (non-hydrogen) atoms. The lowest BCUT2D eigenvalue weighted by Crippen LogP contribution is -2.25. The molecule has 0 aliphatic carbocycles. The van der Waals surface area contributed by atoms with Gasteiger partial charge in [0.05, 0.1) is 0 Å². The van der Waals surface area contributed by atoms with Crippen LogP contribution in [0, 0.1) is 0 Å². The smallest absolute Gasteiger partial charge is 0.273 e. The van der Waals surface area contributed by atoms with Crippen molar-refractivity contribution in [3.05, 3.63) is 53.7 Å². The molecule has 136 valence electrons. The van der Waals surface area contributed by atoms with E-state index in [-0.39, 0.29) is 11.6 Å². The topological polar surface area (TPSA) is 81.2 Å². The molecule has 5 nitrogen and oxygen atoms in total. The number of amides is 1. The Bertz CT molecular complexity index is 625. The van der Waals surface area contributed by atoms with Gasteiger partial charge in [0.15, 0.2) is 5.69 Å². The number of rotatable bonds is 11. The Morgan fingerprint density at radius 2 is 1.80 bits per heavy atom. The fraction of sp³-hybridized carbons (Fsp3) is 0.500. The predicted molar refractivity (Wildman–Crippen MR) is 99.3 cm³/mol. The summed E-state index contributed by atoms with van der Waals surface area (Å²) >= 11 is 0. The van der Waals surface area contributed by atoms with Gasteiger partial charge < -0.3 is 15.5 Å². The molecular weight excluding hydrogens is 314 g/mol. The number of hydrogen-bond donors (Lipinski definition) is 2. The molecule has 0 fully saturated rings. The van der Waals surface area contributed by atoms with Gasteiger partial charge in [0.2, 0.25) is 5.89 Å². The van der Waals surface area contributed by atoms with Gasteiger partial charge >= 0.3 is 0 Å². The minimum atomic E-state index is -0.467. The van der Waals surface area contributed by atoms with Gasteiger partial charge in [-0.1, -0.05) is 75.8 Å². The molecule has 0 spiro atoms. The van der Waals surface area contributed by atoms with E-state index in [4.69, 9.17) is 10.2 Å². The number of aromatic nitrogens is 1. The molecule has 2 aromatic rings. The standard InChI is InChI=1S/C20H29N3O2/c1-2-3-4-5-6-7-11-14-22-19(24)17-15-25-20(23-17)18(21)16-12-9-8-10-13-16/h8-10,12-13,15,18H,2-7,11,14,21H2,1H3,(H,22,24). The normalized spacial score (nSPS) is 12.1. The van der Waals surface area contributed by atoms with Crippen molar-refractivity contribution < 1.29 is 9.21 Å². The van der Waals surface area contributed by atoms with E-state index in [1.54, 1.807) is 0 Å². The van der Waals surface area contributed by atoms with Gasteiger partial charge in [-0.05, 0) is 12.0 Å². The molecule has 1 aromatic heterocycles. The van der Waals surface area contributed by atoms with Crippen LogP contribution in [-0.4, -0.2) is 17.4 Å². The lowest BCUT2D eigenvalue weighted by molar-refractivity contribution is 0.0948. The number of nitrogens with zero attached hydrogens (tertiary/aromatic N) is 1. The predicted octanol–water partition coefficient (Wildman–Crippen LogP) is 4.20. The number of oxazole rings is 1. The lowest BCUT2D eigenvalue weighted by Gasteiger charge is -2.06. The van der Waals surface area contributed by atoms with Gasteiger partial charge in [0.1, 0.15) is 12.3 Å². The summed E-state index contributed by atoms with van der Waals surface area (Å²) in [6.07, 6.45) is 9.92.